The Labute approximate surface area is 155 Å². The lowest BCUT2D eigenvalue weighted by atomic mass is 9.98. The van der Waals surface area contributed by atoms with E-state index >= 15 is 0 Å². The van der Waals surface area contributed by atoms with Gasteiger partial charge in [-0.2, -0.15) is 0 Å². The number of ether oxygens (including phenoxy) is 2. The molecule has 6 nitrogen and oxygen atoms in total. The van der Waals surface area contributed by atoms with Crippen LogP contribution in [0.3, 0.4) is 0 Å². The Morgan fingerprint density at radius 1 is 1.25 bits per heavy atom. The summed E-state index contributed by atoms with van der Waals surface area (Å²) in [6, 6.07) is 2.66. The first kappa shape index (κ1) is 19.8. The van der Waals surface area contributed by atoms with Gasteiger partial charge in [0.25, 0.3) is 0 Å². The van der Waals surface area contributed by atoms with E-state index in [1.54, 1.807) is 0 Å². The molecule has 1 fully saturated rings. The number of benzene rings is 1. The third kappa shape index (κ3) is 4.14. The molecule has 1 atom stereocenters. The molecule has 0 saturated carbocycles. The van der Waals surface area contributed by atoms with Gasteiger partial charge < -0.3 is 14.6 Å². The molecule has 1 saturated heterocycles. The summed E-state index contributed by atoms with van der Waals surface area (Å²) in [6.07, 6.45) is -5.33. The fourth-order valence-electron chi connectivity index (χ4n) is 2.81. The first-order valence-electron chi connectivity index (χ1n) is 7.92. The summed E-state index contributed by atoms with van der Waals surface area (Å²) in [5.74, 6) is -3.33. The minimum Gasteiger partial charge on any atom is -0.465 e. The standard InChI is InChI=1S/C17H13F5N2O4/c18-11-2-1-5-23-14(11)15(24(16(25)26)10-7-27-8-10)9-3-4-13(12(19)6-9)28-17(20,21)22/h1-6,10,15H,7-8H2,(H,25,26). The molecular weight excluding hydrogens is 391 g/mol. The summed E-state index contributed by atoms with van der Waals surface area (Å²) >= 11 is 0. The molecule has 150 valence electrons. The Morgan fingerprint density at radius 2 is 1.96 bits per heavy atom. The molecule has 28 heavy (non-hydrogen) atoms. The zero-order valence-electron chi connectivity index (χ0n) is 14.0. The van der Waals surface area contributed by atoms with Crippen LogP contribution in [-0.4, -0.2) is 46.7 Å². The van der Waals surface area contributed by atoms with Crippen molar-refractivity contribution in [2.45, 2.75) is 18.4 Å². The lowest BCUT2D eigenvalue weighted by Crippen LogP contribution is -2.53. The molecule has 1 aromatic carbocycles. The van der Waals surface area contributed by atoms with Crippen molar-refractivity contribution in [2.24, 2.45) is 0 Å². The Bertz CT molecular complexity index is 873. The summed E-state index contributed by atoms with van der Waals surface area (Å²) < 4.78 is 74.1. The molecule has 1 amide bonds. The highest BCUT2D eigenvalue weighted by Crippen LogP contribution is 2.35. The monoisotopic (exact) mass is 404 g/mol. The number of halogens is 5. The van der Waals surface area contributed by atoms with E-state index in [2.05, 4.69) is 9.72 Å². The van der Waals surface area contributed by atoms with E-state index in [1.165, 1.54) is 12.3 Å². The Morgan fingerprint density at radius 3 is 2.46 bits per heavy atom. The Hall–Kier alpha value is -2.95. The van der Waals surface area contributed by atoms with Gasteiger partial charge in [0.15, 0.2) is 11.6 Å². The highest BCUT2D eigenvalue weighted by Gasteiger charge is 2.39. The fourth-order valence-corrected chi connectivity index (χ4v) is 2.81. The molecule has 0 spiro atoms. The van der Waals surface area contributed by atoms with Gasteiger partial charge in [0.1, 0.15) is 17.6 Å². The molecule has 0 bridgehead atoms. The number of pyridine rings is 1. The molecule has 1 aromatic heterocycles. The molecular formula is C17H13F5N2O4. The second-order valence-corrected chi connectivity index (χ2v) is 5.89. The number of nitrogens with zero attached hydrogens (tertiary/aromatic N) is 2. The van der Waals surface area contributed by atoms with Crippen LogP contribution in [0.25, 0.3) is 0 Å². The Kier molecular flexibility index (Phi) is 5.36. The molecule has 0 aliphatic carbocycles. The quantitative estimate of drug-likeness (QED) is 0.769. The summed E-state index contributed by atoms with van der Waals surface area (Å²) in [5.41, 5.74) is -0.431. The van der Waals surface area contributed by atoms with E-state index in [9.17, 15) is 31.9 Å². The summed E-state index contributed by atoms with van der Waals surface area (Å²) in [7, 11) is 0. The lowest BCUT2D eigenvalue weighted by molar-refractivity contribution is -0.275. The first-order valence-corrected chi connectivity index (χ1v) is 7.92. The van der Waals surface area contributed by atoms with Crippen LogP contribution in [0.4, 0.5) is 26.7 Å². The summed E-state index contributed by atoms with van der Waals surface area (Å²) in [4.78, 5) is 16.5. The van der Waals surface area contributed by atoms with Gasteiger partial charge in [-0.15, -0.1) is 13.2 Å². The zero-order valence-corrected chi connectivity index (χ0v) is 14.0. The highest BCUT2D eigenvalue weighted by atomic mass is 19.4. The summed E-state index contributed by atoms with van der Waals surface area (Å²) in [6.45, 7) is 0.0734. The Balaban J connectivity index is 2.08. The lowest BCUT2D eigenvalue weighted by Gasteiger charge is -2.40. The minimum absolute atomic E-state index is 0.0367. The summed E-state index contributed by atoms with van der Waals surface area (Å²) in [5, 5.41) is 9.62. The van der Waals surface area contributed by atoms with E-state index in [4.69, 9.17) is 4.74 Å². The van der Waals surface area contributed by atoms with Crippen molar-refractivity contribution in [1.82, 2.24) is 9.88 Å². The molecule has 3 rings (SSSR count). The smallest absolute Gasteiger partial charge is 0.465 e. The maximum absolute atomic E-state index is 14.4. The van der Waals surface area contributed by atoms with Crippen molar-refractivity contribution in [3.63, 3.8) is 0 Å². The van der Waals surface area contributed by atoms with Gasteiger partial charge in [-0.25, -0.2) is 13.6 Å². The second kappa shape index (κ2) is 7.58. The van der Waals surface area contributed by atoms with Crippen LogP contribution in [0.5, 0.6) is 5.75 Å². The van der Waals surface area contributed by atoms with Gasteiger partial charge in [-0.3, -0.25) is 9.88 Å². The van der Waals surface area contributed by atoms with Gasteiger partial charge in [0.2, 0.25) is 0 Å². The van der Waals surface area contributed by atoms with E-state index < -0.39 is 41.9 Å². The van der Waals surface area contributed by atoms with Crippen molar-refractivity contribution in [3.8, 4) is 5.75 Å². The van der Waals surface area contributed by atoms with E-state index in [-0.39, 0.29) is 24.5 Å². The number of carbonyl (C=O) groups is 1. The first-order chi connectivity index (χ1) is 13.2. The largest absolute Gasteiger partial charge is 0.573 e. The molecule has 1 N–H and O–H groups in total. The van der Waals surface area contributed by atoms with Crippen LogP contribution in [-0.2, 0) is 4.74 Å². The van der Waals surface area contributed by atoms with Crippen LogP contribution in [0.15, 0.2) is 36.5 Å². The van der Waals surface area contributed by atoms with Gasteiger partial charge in [-0.05, 0) is 29.8 Å². The van der Waals surface area contributed by atoms with Crippen molar-refractivity contribution < 1.29 is 41.3 Å². The highest BCUT2D eigenvalue weighted by molar-refractivity contribution is 5.67. The molecule has 0 radical (unpaired) electrons. The van der Waals surface area contributed by atoms with E-state index in [1.807, 2.05) is 0 Å². The number of amides is 1. The predicted octanol–water partition coefficient (Wildman–Crippen LogP) is 3.73. The molecule has 1 aliphatic rings. The van der Waals surface area contributed by atoms with Crippen LogP contribution in [0, 0.1) is 11.6 Å². The average molecular weight is 404 g/mol. The van der Waals surface area contributed by atoms with E-state index in [0.29, 0.717) is 12.1 Å². The van der Waals surface area contributed by atoms with Crippen molar-refractivity contribution in [1.29, 1.82) is 0 Å². The third-order valence-corrected chi connectivity index (χ3v) is 4.06. The minimum atomic E-state index is -5.11. The number of alkyl halides is 3. The second-order valence-electron chi connectivity index (χ2n) is 5.89. The van der Waals surface area contributed by atoms with Crippen molar-refractivity contribution in [2.75, 3.05) is 13.2 Å². The maximum Gasteiger partial charge on any atom is 0.573 e. The van der Waals surface area contributed by atoms with Gasteiger partial charge >= 0.3 is 12.5 Å². The zero-order chi connectivity index (χ0) is 20.5. The predicted molar refractivity (Wildman–Crippen MR) is 83.6 cm³/mol. The van der Waals surface area contributed by atoms with Crippen molar-refractivity contribution >= 4 is 6.09 Å². The van der Waals surface area contributed by atoms with Gasteiger partial charge in [0.05, 0.1) is 19.3 Å². The number of hydrogen-bond acceptors (Lipinski definition) is 4. The van der Waals surface area contributed by atoms with Crippen LogP contribution in [0.2, 0.25) is 0 Å². The normalized spacial score (nSPS) is 15.6. The van der Waals surface area contributed by atoms with Crippen LogP contribution >= 0.6 is 0 Å². The third-order valence-electron chi connectivity index (χ3n) is 4.06. The molecule has 2 heterocycles. The SMILES string of the molecule is O=C(O)N(C1COC1)C(c1ccc(OC(F)(F)F)c(F)c1)c1ncccc1F. The number of aromatic nitrogens is 1. The topological polar surface area (TPSA) is 71.9 Å². The molecule has 1 unspecified atom stereocenters. The molecule has 2 aromatic rings. The fraction of sp³-hybridized carbons (Fsp3) is 0.294. The molecule has 1 aliphatic heterocycles. The van der Waals surface area contributed by atoms with Crippen LogP contribution in [0.1, 0.15) is 17.3 Å². The van der Waals surface area contributed by atoms with Crippen LogP contribution < -0.4 is 4.74 Å². The average Bonchev–Trinajstić information content (AvgIpc) is 2.55. The number of hydrogen-bond donors (Lipinski definition) is 1. The van der Waals surface area contributed by atoms with E-state index in [0.717, 1.165) is 17.0 Å². The maximum atomic E-state index is 14.4. The van der Waals surface area contributed by atoms with Crippen molar-refractivity contribution in [3.05, 3.63) is 59.4 Å². The van der Waals surface area contributed by atoms with Gasteiger partial charge in [0, 0.05) is 6.20 Å². The van der Waals surface area contributed by atoms with Gasteiger partial charge in [-0.1, -0.05) is 6.07 Å². The number of rotatable bonds is 5. The number of carboxylic acid groups (broad SMARTS) is 1. The molecule has 11 heteroatoms.